The van der Waals surface area contributed by atoms with Crippen LogP contribution in [0.25, 0.3) is 0 Å². The molecule has 0 aromatic heterocycles. The minimum Gasteiger partial charge on any atom is -0.369 e. The Bertz CT molecular complexity index is 303. The van der Waals surface area contributed by atoms with Gasteiger partial charge in [0.05, 0.1) is 0 Å². The van der Waals surface area contributed by atoms with E-state index in [0.29, 0.717) is 0 Å². The summed E-state index contributed by atoms with van der Waals surface area (Å²) >= 11 is 0. The van der Waals surface area contributed by atoms with Crippen LogP contribution in [-0.2, 0) is 6.42 Å². The van der Waals surface area contributed by atoms with Crippen LogP contribution in [0.1, 0.15) is 18.9 Å². The molecule has 2 heteroatoms. The first-order chi connectivity index (χ1) is 7.42. The molecule has 0 bridgehead atoms. The Morgan fingerprint density at radius 3 is 2.67 bits per heavy atom. The Labute approximate surface area is 92.3 Å². The van der Waals surface area contributed by atoms with E-state index in [1.54, 1.807) is 0 Å². The van der Waals surface area contributed by atoms with Gasteiger partial charge in [0, 0.05) is 31.9 Å². The number of hydrogen-bond acceptors (Lipinski definition) is 2. The second-order valence-corrected chi connectivity index (χ2v) is 4.12. The fourth-order valence-corrected chi connectivity index (χ4v) is 2.21. The molecule has 1 heterocycles. The van der Waals surface area contributed by atoms with Crippen LogP contribution in [0.4, 0.5) is 5.69 Å². The largest absolute Gasteiger partial charge is 0.369 e. The van der Waals surface area contributed by atoms with Gasteiger partial charge in [-0.05, 0) is 18.1 Å². The van der Waals surface area contributed by atoms with E-state index in [2.05, 4.69) is 41.4 Å². The first-order valence-corrected chi connectivity index (χ1v) is 5.95. The zero-order valence-corrected chi connectivity index (χ0v) is 9.50. The van der Waals surface area contributed by atoms with E-state index in [1.165, 1.54) is 24.1 Å². The standard InChI is InChI=1S/C13H20N2/c1-2-5-12-6-3-4-7-13(12)15-10-8-14-9-11-15/h3-4,6-7,14H,2,5,8-11H2,1H3. The van der Waals surface area contributed by atoms with Gasteiger partial charge in [-0.15, -0.1) is 0 Å². The molecule has 0 spiro atoms. The van der Waals surface area contributed by atoms with Gasteiger partial charge in [0.1, 0.15) is 0 Å². The fourth-order valence-electron chi connectivity index (χ4n) is 2.21. The first kappa shape index (κ1) is 10.5. The molecule has 2 rings (SSSR count). The maximum Gasteiger partial charge on any atom is 0.0399 e. The molecular weight excluding hydrogens is 184 g/mol. The second-order valence-electron chi connectivity index (χ2n) is 4.12. The van der Waals surface area contributed by atoms with E-state index in [-0.39, 0.29) is 0 Å². The summed E-state index contributed by atoms with van der Waals surface area (Å²) in [4.78, 5) is 2.50. The number of piperazine rings is 1. The third kappa shape index (κ3) is 2.51. The fraction of sp³-hybridized carbons (Fsp3) is 0.538. The molecule has 1 aliphatic rings. The summed E-state index contributed by atoms with van der Waals surface area (Å²) in [6.07, 6.45) is 2.42. The lowest BCUT2D eigenvalue weighted by Gasteiger charge is -2.31. The Hall–Kier alpha value is -1.02. The van der Waals surface area contributed by atoms with Crippen LogP contribution in [-0.4, -0.2) is 26.2 Å². The van der Waals surface area contributed by atoms with Crippen LogP contribution in [0.3, 0.4) is 0 Å². The van der Waals surface area contributed by atoms with Crippen molar-refractivity contribution in [3.63, 3.8) is 0 Å². The highest BCUT2D eigenvalue weighted by atomic mass is 15.2. The number of hydrogen-bond donors (Lipinski definition) is 1. The van der Waals surface area contributed by atoms with Crippen LogP contribution >= 0.6 is 0 Å². The predicted octanol–water partition coefficient (Wildman–Crippen LogP) is 2.05. The van der Waals surface area contributed by atoms with Crippen molar-refractivity contribution in [1.82, 2.24) is 5.32 Å². The highest BCUT2D eigenvalue weighted by Crippen LogP contribution is 2.21. The Morgan fingerprint density at radius 1 is 1.20 bits per heavy atom. The van der Waals surface area contributed by atoms with E-state index in [9.17, 15) is 0 Å². The van der Waals surface area contributed by atoms with Crippen molar-refractivity contribution < 1.29 is 0 Å². The molecule has 0 aliphatic carbocycles. The summed E-state index contributed by atoms with van der Waals surface area (Å²) in [5.74, 6) is 0. The summed E-state index contributed by atoms with van der Waals surface area (Å²) in [6.45, 7) is 6.75. The molecule has 15 heavy (non-hydrogen) atoms. The average molecular weight is 204 g/mol. The normalized spacial score (nSPS) is 16.7. The van der Waals surface area contributed by atoms with E-state index < -0.39 is 0 Å². The predicted molar refractivity (Wildman–Crippen MR) is 65.5 cm³/mol. The summed E-state index contributed by atoms with van der Waals surface area (Å²) in [6, 6.07) is 8.82. The monoisotopic (exact) mass is 204 g/mol. The number of aryl methyl sites for hydroxylation is 1. The number of anilines is 1. The van der Waals surface area contributed by atoms with E-state index in [1.807, 2.05) is 0 Å². The van der Waals surface area contributed by atoms with Gasteiger partial charge in [-0.2, -0.15) is 0 Å². The van der Waals surface area contributed by atoms with Gasteiger partial charge in [0.2, 0.25) is 0 Å². The van der Waals surface area contributed by atoms with Crippen molar-refractivity contribution >= 4 is 5.69 Å². The lowest BCUT2D eigenvalue weighted by molar-refractivity contribution is 0.587. The second kappa shape index (κ2) is 5.17. The molecule has 1 aliphatic heterocycles. The quantitative estimate of drug-likeness (QED) is 0.810. The lowest BCUT2D eigenvalue weighted by Crippen LogP contribution is -2.43. The van der Waals surface area contributed by atoms with E-state index in [0.717, 1.165) is 26.2 Å². The van der Waals surface area contributed by atoms with Crippen molar-refractivity contribution in [1.29, 1.82) is 0 Å². The highest BCUT2D eigenvalue weighted by molar-refractivity contribution is 5.54. The molecule has 0 saturated carbocycles. The summed E-state index contributed by atoms with van der Waals surface area (Å²) < 4.78 is 0. The van der Waals surface area contributed by atoms with E-state index in [4.69, 9.17) is 0 Å². The molecule has 1 aromatic rings. The van der Waals surface area contributed by atoms with Gasteiger partial charge in [-0.1, -0.05) is 31.5 Å². The first-order valence-electron chi connectivity index (χ1n) is 5.95. The number of rotatable bonds is 3. The average Bonchev–Trinajstić information content (AvgIpc) is 2.31. The Kier molecular flexibility index (Phi) is 3.62. The smallest absolute Gasteiger partial charge is 0.0399 e. The number of benzene rings is 1. The molecule has 0 amide bonds. The van der Waals surface area contributed by atoms with Gasteiger partial charge in [-0.3, -0.25) is 0 Å². The minimum atomic E-state index is 1.11. The molecular formula is C13H20N2. The van der Waals surface area contributed by atoms with Crippen LogP contribution in [0, 0.1) is 0 Å². The maximum atomic E-state index is 3.39. The summed E-state index contributed by atoms with van der Waals surface area (Å²) in [5, 5.41) is 3.39. The molecule has 1 saturated heterocycles. The van der Waals surface area contributed by atoms with Gasteiger partial charge >= 0.3 is 0 Å². The lowest BCUT2D eigenvalue weighted by atomic mass is 10.1. The molecule has 2 nitrogen and oxygen atoms in total. The SMILES string of the molecule is CCCc1ccccc1N1CCNCC1. The zero-order chi connectivity index (χ0) is 10.5. The van der Waals surface area contributed by atoms with Gasteiger partial charge in [0.25, 0.3) is 0 Å². The van der Waals surface area contributed by atoms with Crippen LogP contribution in [0.2, 0.25) is 0 Å². The maximum absolute atomic E-state index is 3.39. The molecule has 0 unspecified atom stereocenters. The Balaban J connectivity index is 2.17. The zero-order valence-electron chi connectivity index (χ0n) is 9.50. The third-order valence-corrected chi connectivity index (χ3v) is 2.97. The molecule has 82 valence electrons. The number of nitrogens with one attached hydrogen (secondary N) is 1. The summed E-state index contributed by atoms with van der Waals surface area (Å²) in [7, 11) is 0. The molecule has 1 N–H and O–H groups in total. The van der Waals surface area contributed by atoms with Gasteiger partial charge in [-0.25, -0.2) is 0 Å². The third-order valence-electron chi connectivity index (χ3n) is 2.97. The van der Waals surface area contributed by atoms with Crippen LogP contribution in [0.5, 0.6) is 0 Å². The molecule has 1 fully saturated rings. The van der Waals surface area contributed by atoms with Crippen molar-refractivity contribution in [2.75, 3.05) is 31.1 Å². The van der Waals surface area contributed by atoms with Crippen molar-refractivity contribution in [3.05, 3.63) is 29.8 Å². The molecule has 1 aromatic carbocycles. The van der Waals surface area contributed by atoms with Crippen LogP contribution < -0.4 is 10.2 Å². The Morgan fingerprint density at radius 2 is 1.93 bits per heavy atom. The van der Waals surface area contributed by atoms with Gasteiger partial charge in [0.15, 0.2) is 0 Å². The number of para-hydroxylation sites is 1. The minimum absolute atomic E-state index is 1.11. The van der Waals surface area contributed by atoms with E-state index >= 15 is 0 Å². The van der Waals surface area contributed by atoms with Crippen molar-refractivity contribution in [2.24, 2.45) is 0 Å². The number of nitrogens with zero attached hydrogens (tertiary/aromatic N) is 1. The van der Waals surface area contributed by atoms with Crippen molar-refractivity contribution in [3.8, 4) is 0 Å². The van der Waals surface area contributed by atoms with Crippen LogP contribution in [0.15, 0.2) is 24.3 Å². The summed E-state index contributed by atoms with van der Waals surface area (Å²) in [5.41, 5.74) is 2.95. The molecule has 0 radical (unpaired) electrons. The highest BCUT2D eigenvalue weighted by Gasteiger charge is 2.12. The molecule has 0 atom stereocenters. The topological polar surface area (TPSA) is 15.3 Å². The van der Waals surface area contributed by atoms with Crippen molar-refractivity contribution in [2.45, 2.75) is 19.8 Å². The van der Waals surface area contributed by atoms with Gasteiger partial charge < -0.3 is 10.2 Å².